The maximum Gasteiger partial charge on any atom is 0.0875 e. The van der Waals surface area contributed by atoms with Crippen LogP contribution in [0.1, 0.15) is 65.2 Å². The van der Waals surface area contributed by atoms with Crippen LogP contribution < -0.4 is 5.32 Å². The minimum absolute atomic E-state index is 0.0460. The van der Waals surface area contributed by atoms with Gasteiger partial charge in [0.2, 0.25) is 0 Å². The molecule has 0 heterocycles. The van der Waals surface area contributed by atoms with Crippen LogP contribution >= 0.6 is 0 Å². The van der Waals surface area contributed by atoms with Gasteiger partial charge in [0, 0.05) is 6.61 Å². The second-order valence-corrected chi connectivity index (χ2v) is 6.45. The van der Waals surface area contributed by atoms with E-state index >= 15 is 0 Å². The molecule has 2 rings (SSSR count). The van der Waals surface area contributed by atoms with Gasteiger partial charge in [0.15, 0.2) is 0 Å². The fourth-order valence-electron chi connectivity index (χ4n) is 4.22. The minimum Gasteiger partial charge on any atom is -0.373 e. The van der Waals surface area contributed by atoms with Crippen molar-refractivity contribution in [2.45, 2.75) is 76.9 Å². The summed E-state index contributed by atoms with van der Waals surface area (Å²) in [7, 11) is 2.11. The van der Waals surface area contributed by atoms with Crippen LogP contribution in [0.3, 0.4) is 0 Å². The van der Waals surface area contributed by atoms with Gasteiger partial charge < -0.3 is 10.1 Å². The maximum absolute atomic E-state index is 6.34. The molecule has 0 aromatic rings. The maximum atomic E-state index is 6.34. The van der Waals surface area contributed by atoms with E-state index in [-0.39, 0.29) is 5.60 Å². The highest BCUT2D eigenvalue weighted by atomic mass is 16.5. The normalized spacial score (nSPS) is 33.8. The standard InChI is InChI=1S/C17H31NO/c1-4-19-17(12-8-9-14(2)13-17)16(18-3)15-10-6-5-7-11-15/h10,14,16,18H,4-9,11-13H2,1-3H3. The van der Waals surface area contributed by atoms with E-state index in [2.05, 4.69) is 32.3 Å². The number of hydrogen-bond donors (Lipinski definition) is 1. The Bertz CT molecular complexity index is 308. The van der Waals surface area contributed by atoms with Gasteiger partial charge in [-0.3, -0.25) is 0 Å². The van der Waals surface area contributed by atoms with Gasteiger partial charge in [0.1, 0.15) is 0 Å². The lowest BCUT2D eigenvalue weighted by atomic mass is 9.71. The van der Waals surface area contributed by atoms with E-state index in [9.17, 15) is 0 Å². The van der Waals surface area contributed by atoms with Crippen molar-refractivity contribution in [3.8, 4) is 0 Å². The molecule has 1 fully saturated rings. The van der Waals surface area contributed by atoms with Crippen LogP contribution in [0.5, 0.6) is 0 Å². The van der Waals surface area contributed by atoms with Gasteiger partial charge in [-0.05, 0) is 58.4 Å². The number of hydrogen-bond acceptors (Lipinski definition) is 2. The topological polar surface area (TPSA) is 21.3 Å². The van der Waals surface area contributed by atoms with E-state index in [0.29, 0.717) is 6.04 Å². The molecule has 2 aliphatic rings. The van der Waals surface area contributed by atoms with E-state index < -0.39 is 0 Å². The molecule has 0 bridgehead atoms. The third kappa shape index (κ3) is 3.41. The molecular weight excluding hydrogens is 234 g/mol. The number of allylic oxidation sites excluding steroid dienone is 1. The van der Waals surface area contributed by atoms with Crippen LogP contribution in [0.25, 0.3) is 0 Å². The van der Waals surface area contributed by atoms with Crippen molar-refractivity contribution < 1.29 is 4.74 Å². The summed E-state index contributed by atoms with van der Waals surface area (Å²) < 4.78 is 6.34. The zero-order valence-electron chi connectivity index (χ0n) is 13.0. The van der Waals surface area contributed by atoms with Gasteiger partial charge in [0.25, 0.3) is 0 Å². The molecule has 2 nitrogen and oxygen atoms in total. The number of nitrogens with one attached hydrogen (secondary N) is 1. The first-order chi connectivity index (χ1) is 9.22. The summed E-state index contributed by atoms with van der Waals surface area (Å²) in [6, 6.07) is 0.426. The Morgan fingerprint density at radius 3 is 2.84 bits per heavy atom. The lowest BCUT2D eigenvalue weighted by molar-refractivity contribution is -0.0921. The van der Waals surface area contributed by atoms with E-state index in [1.54, 1.807) is 5.57 Å². The van der Waals surface area contributed by atoms with Crippen LogP contribution in [0.4, 0.5) is 0 Å². The molecule has 0 radical (unpaired) electrons. The Hall–Kier alpha value is -0.340. The first-order valence-electron chi connectivity index (χ1n) is 8.22. The van der Waals surface area contributed by atoms with Crippen LogP contribution in [-0.2, 0) is 4.74 Å². The molecule has 0 spiro atoms. The predicted octanol–water partition coefficient (Wildman–Crippen LogP) is 4.06. The summed E-state index contributed by atoms with van der Waals surface area (Å²) in [5.74, 6) is 0.792. The third-order valence-corrected chi connectivity index (χ3v) is 4.93. The van der Waals surface area contributed by atoms with Gasteiger partial charge in [-0.25, -0.2) is 0 Å². The quantitative estimate of drug-likeness (QED) is 0.757. The van der Waals surface area contributed by atoms with Crippen molar-refractivity contribution in [2.75, 3.05) is 13.7 Å². The molecule has 1 saturated carbocycles. The van der Waals surface area contributed by atoms with Crippen molar-refractivity contribution in [1.29, 1.82) is 0 Å². The van der Waals surface area contributed by atoms with Gasteiger partial charge in [-0.15, -0.1) is 0 Å². The van der Waals surface area contributed by atoms with Crippen molar-refractivity contribution in [3.63, 3.8) is 0 Å². The Labute approximate surface area is 119 Å². The largest absolute Gasteiger partial charge is 0.373 e. The second-order valence-electron chi connectivity index (χ2n) is 6.45. The average molecular weight is 265 g/mol. The zero-order chi connectivity index (χ0) is 13.7. The highest BCUT2D eigenvalue weighted by Crippen LogP contribution is 2.41. The van der Waals surface area contributed by atoms with Gasteiger partial charge in [0.05, 0.1) is 11.6 Å². The second kappa shape index (κ2) is 6.90. The molecule has 0 amide bonds. The molecule has 0 aromatic carbocycles. The minimum atomic E-state index is 0.0460. The molecular formula is C17H31NO. The SMILES string of the molecule is CCOC1(C(NC)C2=CCCCC2)CCCC(C)C1. The first kappa shape index (κ1) is 15.1. The van der Waals surface area contributed by atoms with E-state index in [0.717, 1.165) is 12.5 Å². The highest BCUT2D eigenvalue weighted by molar-refractivity contribution is 5.20. The summed E-state index contributed by atoms with van der Waals surface area (Å²) in [5.41, 5.74) is 1.65. The Kier molecular flexibility index (Phi) is 5.47. The summed E-state index contributed by atoms with van der Waals surface area (Å²) >= 11 is 0. The summed E-state index contributed by atoms with van der Waals surface area (Å²) in [6.45, 7) is 5.36. The number of ether oxygens (including phenoxy) is 1. The Morgan fingerprint density at radius 1 is 1.42 bits per heavy atom. The van der Waals surface area contributed by atoms with Crippen molar-refractivity contribution in [2.24, 2.45) is 5.92 Å². The van der Waals surface area contributed by atoms with Crippen LogP contribution in [0, 0.1) is 5.92 Å². The molecule has 0 aliphatic heterocycles. The Balaban J connectivity index is 2.21. The lowest BCUT2D eigenvalue weighted by Gasteiger charge is -2.46. The molecule has 0 aromatic heterocycles. The van der Waals surface area contributed by atoms with Crippen LogP contribution in [0.2, 0.25) is 0 Å². The summed E-state index contributed by atoms with van der Waals surface area (Å²) in [4.78, 5) is 0. The van der Waals surface area contributed by atoms with Crippen LogP contribution in [-0.4, -0.2) is 25.3 Å². The molecule has 19 heavy (non-hydrogen) atoms. The van der Waals surface area contributed by atoms with Crippen molar-refractivity contribution in [1.82, 2.24) is 5.32 Å². The Morgan fingerprint density at radius 2 is 2.26 bits per heavy atom. The molecule has 1 N–H and O–H groups in total. The van der Waals surface area contributed by atoms with Crippen molar-refractivity contribution >= 4 is 0 Å². The molecule has 110 valence electrons. The number of rotatable bonds is 5. The van der Waals surface area contributed by atoms with E-state index in [1.807, 2.05) is 0 Å². The fourth-order valence-corrected chi connectivity index (χ4v) is 4.22. The van der Waals surface area contributed by atoms with E-state index in [4.69, 9.17) is 4.74 Å². The van der Waals surface area contributed by atoms with Gasteiger partial charge in [-0.1, -0.05) is 31.4 Å². The molecule has 2 aliphatic carbocycles. The summed E-state index contributed by atoms with van der Waals surface area (Å²) in [5, 5.41) is 3.59. The van der Waals surface area contributed by atoms with Crippen LogP contribution in [0.15, 0.2) is 11.6 Å². The molecule has 3 atom stereocenters. The van der Waals surface area contributed by atoms with Gasteiger partial charge in [-0.2, -0.15) is 0 Å². The highest BCUT2D eigenvalue weighted by Gasteiger charge is 2.43. The smallest absolute Gasteiger partial charge is 0.0875 e. The zero-order valence-corrected chi connectivity index (χ0v) is 13.0. The molecule has 2 heteroatoms. The van der Waals surface area contributed by atoms with Gasteiger partial charge >= 0.3 is 0 Å². The van der Waals surface area contributed by atoms with Crippen molar-refractivity contribution in [3.05, 3.63) is 11.6 Å². The average Bonchev–Trinajstić information content (AvgIpc) is 2.41. The monoisotopic (exact) mass is 265 g/mol. The first-order valence-corrected chi connectivity index (χ1v) is 8.22. The number of likely N-dealkylation sites (N-methyl/N-ethyl adjacent to an activating group) is 1. The summed E-state index contributed by atoms with van der Waals surface area (Å²) in [6.07, 6.45) is 12.8. The molecule has 0 saturated heterocycles. The fraction of sp³-hybridized carbons (Fsp3) is 0.882. The third-order valence-electron chi connectivity index (χ3n) is 4.93. The van der Waals surface area contributed by atoms with E-state index in [1.165, 1.54) is 51.4 Å². The lowest BCUT2D eigenvalue weighted by Crippen LogP contribution is -2.55. The molecule has 3 unspecified atom stereocenters. The predicted molar refractivity (Wildman–Crippen MR) is 81.4 cm³/mol.